The summed E-state index contributed by atoms with van der Waals surface area (Å²) in [4.78, 5) is 0. The van der Waals surface area contributed by atoms with Gasteiger partial charge >= 0.3 is 6.18 Å². The molecule has 2 N–H and O–H groups in total. The van der Waals surface area contributed by atoms with Crippen LogP contribution in [0.25, 0.3) is 0 Å². The summed E-state index contributed by atoms with van der Waals surface area (Å²) >= 11 is 0. The van der Waals surface area contributed by atoms with E-state index < -0.39 is 30.6 Å². The summed E-state index contributed by atoms with van der Waals surface area (Å²) in [5, 5.41) is 18.9. The molecule has 0 saturated carbocycles. The van der Waals surface area contributed by atoms with Crippen molar-refractivity contribution in [2.24, 2.45) is 0 Å². The van der Waals surface area contributed by atoms with Gasteiger partial charge in [-0.25, -0.2) is 0 Å². The molecule has 7 heteroatoms. The molecule has 118 valence electrons. The number of halogens is 3. The lowest BCUT2D eigenvalue weighted by Crippen LogP contribution is -2.35. The van der Waals surface area contributed by atoms with Crippen LogP contribution >= 0.6 is 0 Å². The van der Waals surface area contributed by atoms with Gasteiger partial charge in [0.05, 0.1) is 6.10 Å². The lowest BCUT2D eigenvalue weighted by Gasteiger charge is -2.35. The minimum absolute atomic E-state index is 0.141. The van der Waals surface area contributed by atoms with Crippen molar-refractivity contribution >= 4 is 0 Å². The molecular formula is C14H17F3O4. The summed E-state index contributed by atoms with van der Waals surface area (Å²) in [7, 11) is 0. The molecule has 1 aliphatic rings. The first-order chi connectivity index (χ1) is 9.58. The Morgan fingerprint density at radius 3 is 2.71 bits per heavy atom. The molecule has 1 aromatic carbocycles. The second-order valence-electron chi connectivity index (χ2n) is 5.65. The smallest absolute Gasteiger partial charge is 0.417 e. The fourth-order valence-electron chi connectivity index (χ4n) is 2.15. The third-order valence-electron chi connectivity index (χ3n) is 3.20. The van der Waals surface area contributed by atoms with E-state index in [1.165, 1.54) is 12.1 Å². The van der Waals surface area contributed by atoms with Crippen molar-refractivity contribution in [3.8, 4) is 11.5 Å². The van der Waals surface area contributed by atoms with Crippen molar-refractivity contribution in [1.29, 1.82) is 0 Å². The second kappa shape index (κ2) is 5.38. The summed E-state index contributed by atoms with van der Waals surface area (Å²) in [6.45, 7) is 2.72. The molecule has 0 amide bonds. The topological polar surface area (TPSA) is 58.9 Å². The quantitative estimate of drug-likeness (QED) is 0.901. The van der Waals surface area contributed by atoms with Crippen LogP contribution in [0.4, 0.5) is 13.2 Å². The highest BCUT2D eigenvalue weighted by atomic mass is 19.4. The average molecular weight is 306 g/mol. The molecule has 0 spiro atoms. The Hall–Kier alpha value is -1.47. The van der Waals surface area contributed by atoms with Gasteiger partial charge in [-0.15, -0.1) is 0 Å². The first kappa shape index (κ1) is 15.9. The van der Waals surface area contributed by atoms with Gasteiger partial charge in [0.1, 0.15) is 23.7 Å². The third kappa shape index (κ3) is 3.79. The molecule has 0 fully saturated rings. The van der Waals surface area contributed by atoms with Gasteiger partial charge in [0.25, 0.3) is 0 Å². The van der Waals surface area contributed by atoms with Crippen LogP contribution in [0.1, 0.15) is 31.9 Å². The molecule has 0 aliphatic carbocycles. The van der Waals surface area contributed by atoms with E-state index in [2.05, 4.69) is 0 Å². The van der Waals surface area contributed by atoms with Crippen LogP contribution in [0.5, 0.6) is 11.5 Å². The van der Waals surface area contributed by atoms with Crippen LogP contribution in [0.3, 0.4) is 0 Å². The molecule has 2 rings (SSSR count). The monoisotopic (exact) mass is 306 g/mol. The maximum Gasteiger partial charge on any atom is 0.417 e. The van der Waals surface area contributed by atoms with Gasteiger partial charge in [0.15, 0.2) is 6.10 Å². The number of fused-ring (bicyclic) bond motifs is 1. The van der Waals surface area contributed by atoms with Crippen LogP contribution in [-0.2, 0) is 0 Å². The molecular weight excluding hydrogens is 289 g/mol. The standard InChI is InChI=1S/C14H17F3O4/c1-13(2)6-10(18)9-4-3-8(5-11(9)21-13)20-7-12(19)14(15,16)17/h3-5,10,12,18-19H,6-7H2,1-2H3. The fourth-order valence-corrected chi connectivity index (χ4v) is 2.15. The Bertz CT molecular complexity index is 513. The van der Waals surface area contributed by atoms with Gasteiger partial charge in [-0.05, 0) is 26.0 Å². The minimum Gasteiger partial charge on any atom is -0.490 e. The van der Waals surface area contributed by atoms with Gasteiger partial charge in [0.2, 0.25) is 0 Å². The predicted octanol–water partition coefficient (Wildman–Crippen LogP) is 2.58. The molecule has 2 unspecified atom stereocenters. The maximum absolute atomic E-state index is 12.2. The molecule has 0 bridgehead atoms. The largest absolute Gasteiger partial charge is 0.490 e. The van der Waals surface area contributed by atoms with E-state index >= 15 is 0 Å². The highest BCUT2D eigenvalue weighted by Gasteiger charge is 2.39. The molecule has 0 saturated heterocycles. The highest BCUT2D eigenvalue weighted by Crippen LogP contribution is 2.41. The van der Waals surface area contributed by atoms with Gasteiger partial charge in [-0.3, -0.25) is 0 Å². The van der Waals surface area contributed by atoms with E-state index in [0.717, 1.165) is 0 Å². The van der Waals surface area contributed by atoms with Gasteiger partial charge < -0.3 is 19.7 Å². The van der Waals surface area contributed by atoms with E-state index in [1.807, 2.05) is 0 Å². The molecule has 21 heavy (non-hydrogen) atoms. The van der Waals surface area contributed by atoms with Crippen molar-refractivity contribution in [3.05, 3.63) is 23.8 Å². The number of hydrogen-bond donors (Lipinski definition) is 2. The molecule has 1 aromatic rings. The lowest BCUT2D eigenvalue weighted by molar-refractivity contribution is -0.210. The molecule has 1 aliphatic heterocycles. The van der Waals surface area contributed by atoms with E-state index in [9.17, 15) is 18.3 Å². The normalized spacial score (nSPS) is 22.1. The summed E-state index contributed by atoms with van der Waals surface area (Å²) < 4.78 is 47.2. The van der Waals surface area contributed by atoms with Crippen molar-refractivity contribution in [2.75, 3.05) is 6.61 Å². The zero-order valence-corrected chi connectivity index (χ0v) is 11.6. The Morgan fingerprint density at radius 1 is 1.43 bits per heavy atom. The summed E-state index contributed by atoms with van der Waals surface area (Å²) in [5.41, 5.74) is -0.00526. The number of rotatable bonds is 3. The maximum atomic E-state index is 12.2. The van der Waals surface area contributed by atoms with E-state index in [0.29, 0.717) is 17.7 Å². The first-order valence-electron chi connectivity index (χ1n) is 6.47. The minimum atomic E-state index is -4.72. The fraction of sp³-hybridized carbons (Fsp3) is 0.571. The van der Waals surface area contributed by atoms with E-state index in [-0.39, 0.29) is 5.75 Å². The van der Waals surface area contributed by atoms with Crippen LogP contribution in [0.15, 0.2) is 18.2 Å². The molecule has 0 radical (unpaired) electrons. The zero-order chi connectivity index (χ0) is 15.8. The highest BCUT2D eigenvalue weighted by molar-refractivity contribution is 5.43. The number of ether oxygens (including phenoxy) is 2. The van der Waals surface area contributed by atoms with Crippen molar-refractivity contribution in [1.82, 2.24) is 0 Å². The Balaban J connectivity index is 2.11. The molecule has 4 nitrogen and oxygen atoms in total. The third-order valence-corrected chi connectivity index (χ3v) is 3.20. The summed E-state index contributed by atoms with van der Waals surface area (Å²) in [5.74, 6) is 0.514. The van der Waals surface area contributed by atoms with Gasteiger partial charge in [0, 0.05) is 18.1 Å². The van der Waals surface area contributed by atoms with Crippen LogP contribution in [-0.4, -0.2) is 34.7 Å². The first-order valence-corrected chi connectivity index (χ1v) is 6.47. The van der Waals surface area contributed by atoms with Crippen LogP contribution < -0.4 is 9.47 Å². The van der Waals surface area contributed by atoms with Gasteiger partial charge in [-0.2, -0.15) is 13.2 Å². The number of alkyl halides is 3. The Kier molecular flexibility index (Phi) is 4.08. The molecule has 1 heterocycles. The second-order valence-corrected chi connectivity index (χ2v) is 5.65. The van der Waals surface area contributed by atoms with Crippen molar-refractivity contribution in [2.45, 2.75) is 44.3 Å². The number of benzene rings is 1. The number of aliphatic hydroxyl groups is 2. The van der Waals surface area contributed by atoms with E-state index in [4.69, 9.17) is 14.6 Å². The van der Waals surface area contributed by atoms with Crippen LogP contribution in [0.2, 0.25) is 0 Å². The Morgan fingerprint density at radius 2 is 2.10 bits per heavy atom. The number of hydrogen-bond acceptors (Lipinski definition) is 4. The zero-order valence-electron chi connectivity index (χ0n) is 11.6. The summed E-state index contributed by atoms with van der Waals surface area (Å²) in [6, 6.07) is 4.40. The SMILES string of the molecule is CC1(C)CC(O)c2ccc(OCC(O)C(F)(F)F)cc2O1. The van der Waals surface area contributed by atoms with Crippen LogP contribution in [0, 0.1) is 0 Å². The number of aliphatic hydroxyl groups excluding tert-OH is 2. The molecule has 0 aromatic heterocycles. The predicted molar refractivity (Wildman–Crippen MR) is 68.3 cm³/mol. The Labute approximate surface area is 120 Å². The molecule has 2 atom stereocenters. The van der Waals surface area contributed by atoms with Gasteiger partial charge in [-0.1, -0.05) is 0 Å². The van der Waals surface area contributed by atoms with Crippen molar-refractivity contribution < 1.29 is 32.9 Å². The van der Waals surface area contributed by atoms with Crippen molar-refractivity contribution in [3.63, 3.8) is 0 Å². The lowest BCUT2D eigenvalue weighted by atomic mass is 9.92. The van der Waals surface area contributed by atoms with E-state index in [1.54, 1.807) is 19.9 Å². The summed E-state index contributed by atoms with van der Waals surface area (Å²) in [6.07, 6.45) is -7.54. The average Bonchev–Trinajstić information content (AvgIpc) is 2.32.